The molecule has 1 fully saturated rings. The van der Waals surface area contributed by atoms with Gasteiger partial charge in [-0.2, -0.15) is 0 Å². The van der Waals surface area contributed by atoms with Gasteiger partial charge in [0.05, 0.1) is 13.2 Å². The SMILES string of the molecule is CCOC(=O)CN1CCC[C@@H](N)C1. The van der Waals surface area contributed by atoms with Crippen molar-refractivity contribution in [3.63, 3.8) is 0 Å². The van der Waals surface area contributed by atoms with E-state index in [1.807, 2.05) is 6.92 Å². The molecule has 1 atom stereocenters. The van der Waals surface area contributed by atoms with Crippen LogP contribution in [0.25, 0.3) is 0 Å². The molecule has 4 heteroatoms. The van der Waals surface area contributed by atoms with Crippen LogP contribution in [0.5, 0.6) is 0 Å². The number of carbonyl (C=O) groups excluding carboxylic acids is 1. The van der Waals surface area contributed by atoms with E-state index in [1.54, 1.807) is 0 Å². The molecule has 0 aromatic carbocycles. The Morgan fingerprint density at radius 2 is 2.46 bits per heavy atom. The van der Waals surface area contributed by atoms with Crippen molar-refractivity contribution in [2.24, 2.45) is 5.73 Å². The summed E-state index contributed by atoms with van der Waals surface area (Å²) in [6, 6.07) is 0.225. The molecule has 1 rings (SSSR count). The van der Waals surface area contributed by atoms with Gasteiger partial charge in [-0.3, -0.25) is 9.69 Å². The summed E-state index contributed by atoms with van der Waals surface area (Å²) in [5.74, 6) is -0.142. The molecule has 76 valence electrons. The first kappa shape index (κ1) is 10.5. The quantitative estimate of drug-likeness (QED) is 0.629. The third kappa shape index (κ3) is 3.74. The Balaban J connectivity index is 2.23. The highest BCUT2D eigenvalue weighted by atomic mass is 16.5. The maximum atomic E-state index is 11.1. The van der Waals surface area contributed by atoms with Gasteiger partial charge in [0, 0.05) is 12.6 Å². The zero-order chi connectivity index (χ0) is 9.68. The molecule has 0 bridgehead atoms. The number of nitrogens with zero attached hydrogens (tertiary/aromatic N) is 1. The number of esters is 1. The minimum Gasteiger partial charge on any atom is -0.465 e. The molecule has 1 saturated heterocycles. The van der Waals surface area contributed by atoms with Crippen LogP contribution in [0.15, 0.2) is 0 Å². The minimum atomic E-state index is -0.142. The summed E-state index contributed by atoms with van der Waals surface area (Å²) < 4.78 is 4.86. The van der Waals surface area contributed by atoms with Crippen LogP contribution in [-0.4, -0.2) is 43.2 Å². The average Bonchev–Trinajstić information content (AvgIpc) is 2.04. The lowest BCUT2D eigenvalue weighted by molar-refractivity contribution is -0.144. The van der Waals surface area contributed by atoms with Gasteiger partial charge in [-0.25, -0.2) is 0 Å². The Morgan fingerprint density at radius 1 is 1.69 bits per heavy atom. The lowest BCUT2D eigenvalue weighted by Gasteiger charge is -2.29. The number of hydrogen-bond donors (Lipinski definition) is 1. The number of rotatable bonds is 3. The lowest BCUT2D eigenvalue weighted by Crippen LogP contribution is -2.45. The number of hydrogen-bond acceptors (Lipinski definition) is 4. The number of piperidine rings is 1. The molecule has 0 radical (unpaired) electrons. The normalized spacial score (nSPS) is 24.3. The molecular formula is C9H18N2O2. The molecule has 0 aromatic rings. The summed E-state index contributed by atoms with van der Waals surface area (Å²) in [4.78, 5) is 13.2. The summed E-state index contributed by atoms with van der Waals surface area (Å²) in [5.41, 5.74) is 5.78. The van der Waals surface area contributed by atoms with Crippen molar-refractivity contribution < 1.29 is 9.53 Å². The van der Waals surface area contributed by atoms with Crippen molar-refractivity contribution in [2.45, 2.75) is 25.8 Å². The zero-order valence-electron chi connectivity index (χ0n) is 8.16. The zero-order valence-corrected chi connectivity index (χ0v) is 8.16. The summed E-state index contributed by atoms with van der Waals surface area (Å²) >= 11 is 0. The van der Waals surface area contributed by atoms with Crippen LogP contribution >= 0.6 is 0 Å². The van der Waals surface area contributed by atoms with E-state index < -0.39 is 0 Å². The Kier molecular flexibility index (Phi) is 4.18. The predicted octanol–water partition coefficient (Wildman–Crippen LogP) is -0.0274. The fourth-order valence-electron chi connectivity index (χ4n) is 1.62. The standard InChI is InChI=1S/C9H18N2O2/c1-2-13-9(12)7-11-5-3-4-8(10)6-11/h8H,2-7,10H2,1H3/t8-/m1/s1. The van der Waals surface area contributed by atoms with Crippen LogP contribution in [0.4, 0.5) is 0 Å². The van der Waals surface area contributed by atoms with Gasteiger partial charge in [0.2, 0.25) is 0 Å². The maximum Gasteiger partial charge on any atom is 0.320 e. The van der Waals surface area contributed by atoms with Crippen molar-refractivity contribution in [1.29, 1.82) is 0 Å². The Labute approximate surface area is 79.0 Å². The van der Waals surface area contributed by atoms with E-state index >= 15 is 0 Å². The first-order valence-electron chi connectivity index (χ1n) is 4.86. The van der Waals surface area contributed by atoms with Crippen molar-refractivity contribution >= 4 is 5.97 Å². The van der Waals surface area contributed by atoms with Crippen LogP contribution in [0.2, 0.25) is 0 Å². The summed E-state index contributed by atoms with van der Waals surface area (Å²) in [5, 5.41) is 0. The molecule has 1 aliphatic heterocycles. The number of nitrogens with two attached hydrogens (primary N) is 1. The largest absolute Gasteiger partial charge is 0.465 e. The molecule has 0 amide bonds. The molecule has 0 aromatic heterocycles. The lowest BCUT2D eigenvalue weighted by atomic mass is 10.1. The second-order valence-electron chi connectivity index (χ2n) is 3.44. The van der Waals surface area contributed by atoms with Crippen molar-refractivity contribution in [3.05, 3.63) is 0 Å². The van der Waals surface area contributed by atoms with E-state index in [9.17, 15) is 4.79 Å². The Hall–Kier alpha value is -0.610. The highest BCUT2D eigenvalue weighted by Gasteiger charge is 2.18. The molecule has 4 nitrogen and oxygen atoms in total. The second kappa shape index (κ2) is 5.19. The molecule has 0 aliphatic carbocycles. The molecule has 2 N–H and O–H groups in total. The smallest absolute Gasteiger partial charge is 0.320 e. The number of ether oxygens (including phenoxy) is 1. The molecule has 0 saturated carbocycles. The maximum absolute atomic E-state index is 11.1. The molecule has 0 unspecified atom stereocenters. The Bertz CT molecular complexity index is 173. The second-order valence-corrected chi connectivity index (χ2v) is 3.44. The highest BCUT2D eigenvalue weighted by molar-refractivity contribution is 5.71. The summed E-state index contributed by atoms with van der Waals surface area (Å²) in [6.45, 7) is 4.45. The first-order chi connectivity index (χ1) is 6.22. The fraction of sp³-hybridized carbons (Fsp3) is 0.889. The molecule has 1 aliphatic rings. The van der Waals surface area contributed by atoms with Crippen LogP contribution in [0.3, 0.4) is 0 Å². The predicted molar refractivity (Wildman–Crippen MR) is 50.3 cm³/mol. The summed E-state index contributed by atoms with van der Waals surface area (Å²) in [6.07, 6.45) is 2.15. The van der Waals surface area contributed by atoms with Gasteiger partial charge in [0.25, 0.3) is 0 Å². The van der Waals surface area contributed by atoms with E-state index in [1.165, 1.54) is 0 Å². The average molecular weight is 186 g/mol. The van der Waals surface area contributed by atoms with Gasteiger partial charge in [0.1, 0.15) is 0 Å². The van der Waals surface area contributed by atoms with Crippen LogP contribution in [-0.2, 0) is 9.53 Å². The van der Waals surface area contributed by atoms with Crippen molar-refractivity contribution in [2.75, 3.05) is 26.2 Å². The topological polar surface area (TPSA) is 55.6 Å². The van der Waals surface area contributed by atoms with Crippen molar-refractivity contribution in [3.8, 4) is 0 Å². The Morgan fingerprint density at radius 3 is 3.08 bits per heavy atom. The van der Waals surface area contributed by atoms with E-state index in [0.717, 1.165) is 25.9 Å². The number of carbonyl (C=O) groups is 1. The highest BCUT2D eigenvalue weighted by Crippen LogP contribution is 2.07. The van der Waals surface area contributed by atoms with E-state index in [0.29, 0.717) is 13.2 Å². The summed E-state index contributed by atoms with van der Waals surface area (Å²) in [7, 11) is 0. The molecule has 1 heterocycles. The van der Waals surface area contributed by atoms with Crippen LogP contribution in [0, 0.1) is 0 Å². The van der Waals surface area contributed by atoms with Crippen LogP contribution in [0.1, 0.15) is 19.8 Å². The fourth-order valence-corrected chi connectivity index (χ4v) is 1.62. The van der Waals surface area contributed by atoms with Crippen LogP contribution < -0.4 is 5.73 Å². The molecule has 0 spiro atoms. The van der Waals surface area contributed by atoms with E-state index in [2.05, 4.69) is 4.90 Å². The van der Waals surface area contributed by atoms with Gasteiger partial charge < -0.3 is 10.5 Å². The van der Waals surface area contributed by atoms with E-state index in [-0.39, 0.29) is 12.0 Å². The van der Waals surface area contributed by atoms with E-state index in [4.69, 9.17) is 10.5 Å². The van der Waals surface area contributed by atoms with Gasteiger partial charge in [-0.05, 0) is 26.3 Å². The van der Waals surface area contributed by atoms with Gasteiger partial charge in [0.15, 0.2) is 0 Å². The monoisotopic (exact) mass is 186 g/mol. The molecule has 13 heavy (non-hydrogen) atoms. The third-order valence-electron chi connectivity index (χ3n) is 2.20. The van der Waals surface area contributed by atoms with Gasteiger partial charge >= 0.3 is 5.97 Å². The number of likely N-dealkylation sites (tertiary alicyclic amines) is 1. The molecular weight excluding hydrogens is 168 g/mol. The van der Waals surface area contributed by atoms with Gasteiger partial charge in [-0.15, -0.1) is 0 Å². The third-order valence-corrected chi connectivity index (χ3v) is 2.20. The first-order valence-corrected chi connectivity index (χ1v) is 4.86. The minimum absolute atomic E-state index is 0.142. The van der Waals surface area contributed by atoms with Crippen molar-refractivity contribution in [1.82, 2.24) is 4.90 Å². The van der Waals surface area contributed by atoms with Gasteiger partial charge in [-0.1, -0.05) is 0 Å².